The molecule has 0 bridgehead atoms. The Labute approximate surface area is 167 Å². The summed E-state index contributed by atoms with van der Waals surface area (Å²) in [5.41, 5.74) is 1.15. The zero-order valence-electron chi connectivity index (χ0n) is 16.0. The summed E-state index contributed by atoms with van der Waals surface area (Å²) in [6.07, 6.45) is -3.36. The number of likely N-dealkylation sites (N-methyl/N-ethyl adjacent to an activating group) is 1. The van der Waals surface area contributed by atoms with Crippen LogP contribution in [0, 0.1) is 0 Å². The third-order valence-electron chi connectivity index (χ3n) is 5.05. The first kappa shape index (κ1) is 20.7. The number of hydrogen-bond acceptors (Lipinski definition) is 6. The lowest BCUT2D eigenvalue weighted by Gasteiger charge is -2.34. The Morgan fingerprint density at radius 3 is 2.69 bits per heavy atom. The monoisotopic (exact) mass is 405 g/mol. The van der Waals surface area contributed by atoms with E-state index in [0.29, 0.717) is 24.3 Å². The van der Waals surface area contributed by atoms with Gasteiger partial charge < -0.3 is 29.6 Å². The molecule has 0 unspecified atom stereocenters. The van der Waals surface area contributed by atoms with Crippen molar-refractivity contribution in [1.82, 2.24) is 9.80 Å². The molecule has 1 aromatic rings. The summed E-state index contributed by atoms with van der Waals surface area (Å²) in [5, 5.41) is 18.6. The number of aliphatic hydroxyl groups excluding tert-OH is 1. The molecule has 0 saturated carbocycles. The van der Waals surface area contributed by atoms with Gasteiger partial charge in [-0.05, 0) is 17.7 Å². The van der Waals surface area contributed by atoms with Gasteiger partial charge in [0.15, 0.2) is 12.2 Å². The van der Waals surface area contributed by atoms with E-state index in [2.05, 4.69) is 0 Å². The summed E-state index contributed by atoms with van der Waals surface area (Å²) in [6.45, 7) is 1.28. The highest BCUT2D eigenvalue weighted by atomic mass is 16.5. The van der Waals surface area contributed by atoms with Crippen LogP contribution in [0.1, 0.15) is 5.56 Å². The van der Waals surface area contributed by atoms with Gasteiger partial charge >= 0.3 is 5.97 Å². The van der Waals surface area contributed by atoms with Crippen LogP contribution in [0.2, 0.25) is 0 Å². The first-order chi connectivity index (χ1) is 13.8. The summed E-state index contributed by atoms with van der Waals surface area (Å²) in [4.78, 5) is 52.3. The smallest absolute Gasteiger partial charge is 0.335 e. The second-order valence-electron chi connectivity index (χ2n) is 7.04. The molecule has 2 N–H and O–H groups in total. The van der Waals surface area contributed by atoms with Gasteiger partial charge in [-0.15, -0.1) is 0 Å². The van der Waals surface area contributed by atoms with Crippen molar-refractivity contribution < 1.29 is 34.1 Å². The van der Waals surface area contributed by atoms with Gasteiger partial charge in [0.2, 0.25) is 11.8 Å². The van der Waals surface area contributed by atoms with Crippen molar-refractivity contribution >= 4 is 29.4 Å². The third-order valence-corrected chi connectivity index (χ3v) is 5.05. The molecule has 3 amide bonds. The highest BCUT2D eigenvalue weighted by Gasteiger charge is 2.39. The Kier molecular flexibility index (Phi) is 6.14. The quantitative estimate of drug-likeness (QED) is 0.624. The third kappa shape index (κ3) is 4.54. The molecule has 0 aromatic heterocycles. The van der Waals surface area contributed by atoms with E-state index in [-0.39, 0.29) is 37.9 Å². The van der Waals surface area contributed by atoms with Crippen LogP contribution >= 0.6 is 0 Å². The van der Waals surface area contributed by atoms with Crippen molar-refractivity contribution in [3.8, 4) is 0 Å². The first-order valence-electron chi connectivity index (χ1n) is 9.22. The predicted molar refractivity (Wildman–Crippen MR) is 100 cm³/mol. The number of rotatable bonds is 5. The van der Waals surface area contributed by atoms with Crippen LogP contribution < -0.4 is 4.90 Å². The van der Waals surface area contributed by atoms with E-state index < -0.39 is 24.1 Å². The second-order valence-corrected chi connectivity index (χ2v) is 7.04. The number of aliphatic hydroxyl groups is 1. The number of benzene rings is 1. The van der Waals surface area contributed by atoms with Crippen LogP contribution in [0.15, 0.2) is 24.3 Å². The molecule has 0 spiro atoms. The average Bonchev–Trinajstić information content (AvgIpc) is 2.69. The van der Waals surface area contributed by atoms with Gasteiger partial charge in [0.25, 0.3) is 5.91 Å². The summed E-state index contributed by atoms with van der Waals surface area (Å²) < 4.78 is 5.14. The van der Waals surface area contributed by atoms with Gasteiger partial charge in [-0.3, -0.25) is 14.4 Å². The largest absolute Gasteiger partial charge is 0.479 e. The van der Waals surface area contributed by atoms with Gasteiger partial charge in [-0.1, -0.05) is 12.1 Å². The van der Waals surface area contributed by atoms with Gasteiger partial charge in [0, 0.05) is 32.4 Å². The number of piperazine rings is 1. The molecule has 156 valence electrons. The van der Waals surface area contributed by atoms with Gasteiger partial charge in [-0.25, -0.2) is 4.79 Å². The number of anilines is 1. The maximum Gasteiger partial charge on any atom is 0.335 e. The van der Waals surface area contributed by atoms with Crippen LogP contribution in [0.3, 0.4) is 0 Å². The van der Waals surface area contributed by atoms with E-state index in [9.17, 15) is 24.3 Å². The molecule has 1 aromatic carbocycles. The fourth-order valence-electron chi connectivity index (χ4n) is 3.31. The molecule has 2 atom stereocenters. The Hall–Kier alpha value is -2.98. The molecule has 2 heterocycles. The lowest BCUT2D eigenvalue weighted by Crippen LogP contribution is -2.54. The van der Waals surface area contributed by atoms with Crippen molar-refractivity contribution in [2.75, 3.05) is 44.7 Å². The number of carbonyl (C=O) groups excluding carboxylic acids is 3. The van der Waals surface area contributed by atoms with Crippen molar-refractivity contribution in [2.45, 2.75) is 18.6 Å². The topological polar surface area (TPSA) is 128 Å². The number of amides is 3. The van der Waals surface area contributed by atoms with E-state index in [4.69, 9.17) is 9.84 Å². The van der Waals surface area contributed by atoms with E-state index in [0.717, 1.165) is 0 Å². The molecular weight excluding hydrogens is 382 g/mol. The highest BCUT2D eigenvalue weighted by molar-refractivity contribution is 6.00. The van der Waals surface area contributed by atoms with Crippen LogP contribution in [-0.4, -0.2) is 95.7 Å². The lowest BCUT2D eigenvalue weighted by molar-refractivity contribution is -0.163. The highest BCUT2D eigenvalue weighted by Crippen LogP contribution is 2.22. The molecule has 10 nitrogen and oxygen atoms in total. The van der Waals surface area contributed by atoms with Crippen LogP contribution in [0.25, 0.3) is 0 Å². The SMILES string of the molecule is CN1CCN(C(=O)Cc2cccc(N3CCO[C@H]([C@@H](O)C(=O)O)C3=O)c2)CC1=O. The van der Waals surface area contributed by atoms with Crippen LogP contribution in [-0.2, 0) is 30.3 Å². The molecule has 3 rings (SSSR count). The first-order valence-corrected chi connectivity index (χ1v) is 9.22. The van der Waals surface area contributed by atoms with Crippen molar-refractivity contribution in [2.24, 2.45) is 0 Å². The van der Waals surface area contributed by atoms with Gasteiger partial charge in [0.1, 0.15) is 0 Å². The molecule has 2 saturated heterocycles. The number of ether oxygens (including phenoxy) is 1. The van der Waals surface area contributed by atoms with Crippen molar-refractivity contribution in [3.63, 3.8) is 0 Å². The number of nitrogens with zero attached hydrogens (tertiary/aromatic N) is 3. The number of aliphatic carboxylic acids is 1. The molecule has 2 fully saturated rings. The van der Waals surface area contributed by atoms with E-state index in [1.54, 1.807) is 36.2 Å². The number of hydrogen-bond donors (Lipinski definition) is 2. The van der Waals surface area contributed by atoms with Crippen molar-refractivity contribution in [1.29, 1.82) is 0 Å². The van der Waals surface area contributed by atoms with Crippen LogP contribution in [0.4, 0.5) is 5.69 Å². The second kappa shape index (κ2) is 8.58. The summed E-state index contributed by atoms with van der Waals surface area (Å²) in [7, 11) is 1.70. The zero-order valence-corrected chi connectivity index (χ0v) is 16.0. The predicted octanol–water partition coefficient (Wildman–Crippen LogP) is -1.29. The number of carboxylic acids is 1. The van der Waals surface area contributed by atoms with Gasteiger partial charge in [-0.2, -0.15) is 0 Å². The minimum absolute atomic E-state index is 0.0474. The number of carbonyl (C=O) groups is 4. The lowest BCUT2D eigenvalue weighted by atomic mass is 10.1. The summed E-state index contributed by atoms with van der Waals surface area (Å²) in [5.74, 6) is -2.48. The Bertz CT molecular complexity index is 828. The molecule has 29 heavy (non-hydrogen) atoms. The number of morpholine rings is 1. The molecule has 0 aliphatic carbocycles. The fourth-order valence-corrected chi connectivity index (χ4v) is 3.31. The Balaban J connectivity index is 1.70. The molecule has 2 aliphatic rings. The number of carboxylic acid groups (broad SMARTS) is 1. The minimum Gasteiger partial charge on any atom is -0.479 e. The van der Waals surface area contributed by atoms with Gasteiger partial charge in [0.05, 0.1) is 19.6 Å². The maximum atomic E-state index is 12.6. The standard InChI is InChI=1S/C19H23N3O7/c1-20-5-6-21(11-15(20)24)14(23)10-12-3-2-4-13(9-12)22-7-8-29-17(18(22)26)16(25)19(27)28/h2-4,9,16-17,25H,5-8,10-11H2,1H3,(H,27,28)/t16-,17-/m1/s1. The zero-order chi connectivity index (χ0) is 21.1. The summed E-state index contributed by atoms with van der Waals surface area (Å²) >= 11 is 0. The molecular formula is C19H23N3O7. The maximum absolute atomic E-state index is 12.6. The fraction of sp³-hybridized carbons (Fsp3) is 0.474. The van der Waals surface area contributed by atoms with Crippen LogP contribution in [0.5, 0.6) is 0 Å². The molecule has 2 aliphatic heterocycles. The van der Waals surface area contributed by atoms with E-state index in [1.807, 2.05) is 0 Å². The molecule has 10 heteroatoms. The van der Waals surface area contributed by atoms with E-state index in [1.165, 1.54) is 9.80 Å². The Morgan fingerprint density at radius 1 is 1.24 bits per heavy atom. The van der Waals surface area contributed by atoms with Crippen molar-refractivity contribution in [3.05, 3.63) is 29.8 Å². The summed E-state index contributed by atoms with van der Waals surface area (Å²) in [6, 6.07) is 6.77. The Morgan fingerprint density at radius 2 is 2.00 bits per heavy atom. The average molecular weight is 405 g/mol. The molecule has 0 radical (unpaired) electrons. The minimum atomic E-state index is -1.95. The van der Waals surface area contributed by atoms with E-state index >= 15 is 0 Å². The normalized spacial score (nSPS) is 21.3.